The van der Waals surface area contributed by atoms with Crippen molar-refractivity contribution in [2.75, 3.05) is 33.2 Å². The first-order valence-electron chi connectivity index (χ1n) is 7.56. The molecular formula is C14H23N7O2. The molecule has 0 aliphatic carbocycles. The van der Waals surface area contributed by atoms with E-state index in [-0.39, 0.29) is 25.0 Å². The summed E-state index contributed by atoms with van der Waals surface area (Å²) in [5.74, 6) is 0.516. The number of urea groups is 1. The molecule has 1 aliphatic rings. The lowest BCUT2D eigenvalue weighted by molar-refractivity contribution is -0.124. The Morgan fingerprint density at radius 2 is 2.30 bits per heavy atom. The largest absolute Gasteiger partial charge is 0.357 e. The number of nitrogens with one attached hydrogen (secondary N) is 2. The van der Waals surface area contributed by atoms with Crippen LogP contribution in [-0.2, 0) is 18.4 Å². The van der Waals surface area contributed by atoms with E-state index in [9.17, 15) is 9.59 Å². The third-order valence-electron chi connectivity index (χ3n) is 3.40. The van der Waals surface area contributed by atoms with Crippen LogP contribution in [-0.4, -0.2) is 70.7 Å². The summed E-state index contributed by atoms with van der Waals surface area (Å²) in [6.45, 7) is 4.11. The predicted molar refractivity (Wildman–Crippen MR) is 85.8 cm³/mol. The number of carbonyl (C=O) groups excluding carboxylic acids is 2. The fourth-order valence-electron chi connectivity index (χ4n) is 2.31. The lowest BCUT2D eigenvalue weighted by atomic mass is 10.3. The second-order valence-electron chi connectivity index (χ2n) is 5.32. The lowest BCUT2D eigenvalue weighted by Gasteiger charge is -2.21. The van der Waals surface area contributed by atoms with Crippen LogP contribution >= 0.6 is 0 Å². The first-order chi connectivity index (χ1) is 11.0. The maximum absolute atomic E-state index is 11.5. The van der Waals surface area contributed by atoms with Gasteiger partial charge < -0.3 is 15.5 Å². The Kier molecular flexibility index (Phi) is 5.56. The molecule has 126 valence electrons. The molecule has 3 amide bonds. The van der Waals surface area contributed by atoms with Crippen LogP contribution in [0.15, 0.2) is 17.4 Å². The van der Waals surface area contributed by atoms with E-state index in [1.807, 2.05) is 38.3 Å². The highest BCUT2D eigenvalue weighted by atomic mass is 16.2. The van der Waals surface area contributed by atoms with Gasteiger partial charge in [-0.05, 0) is 6.92 Å². The molecule has 9 nitrogen and oxygen atoms in total. The average molecular weight is 321 g/mol. The smallest absolute Gasteiger partial charge is 0.324 e. The molecule has 0 atom stereocenters. The number of hydrogen-bond acceptors (Lipinski definition) is 4. The molecule has 0 aromatic carbocycles. The summed E-state index contributed by atoms with van der Waals surface area (Å²) in [7, 11) is 3.81. The first kappa shape index (κ1) is 16.8. The Morgan fingerprint density at radius 3 is 2.87 bits per heavy atom. The van der Waals surface area contributed by atoms with Crippen molar-refractivity contribution < 1.29 is 9.59 Å². The molecule has 0 unspecified atom stereocenters. The van der Waals surface area contributed by atoms with Crippen LogP contribution in [0.5, 0.6) is 0 Å². The van der Waals surface area contributed by atoms with E-state index in [2.05, 4.69) is 20.7 Å². The van der Waals surface area contributed by atoms with E-state index >= 15 is 0 Å². The van der Waals surface area contributed by atoms with Crippen molar-refractivity contribution in [3.63, 3.8) is 0 Å². The van der Waals surface area contributed by atoms with Gasteiger partial charge in [0.1, 0.15) is 0 Å². The van der Waals surface area contributed by atoms with Crippen LogP contribution in [0.4, 0.5) is 4.79 Å². The van der Waals surface area contributed by atoms with E-state index < -0.39 is 0 Å². The number of aliphatic imine (C=N–C) groups is 1. The third-order valence-corrected chi connectivity index (χ3v) is 3.40. The van der Waals surface area contributed by atoms with Crippen LogP contribution in [0.25, 0.3) is 0 Å². The Balaban J connectivity index is 1.93. The molecule has 2 rings (SSSR count). The molecule has 2 heterocycles. The van der Waals surface area contributed by atoms with Crippen molar-refractivity contribution in [3.8, 4) is 0 Å². The summed E-state index contributed by atoms with van der Waals surface area (Å²) in [6, 6.07) is -0.348. The topological polar surface area (TPSA) is 94.9 Å². The van der Waals surface area contributed by atoms with Gasteiger partial charge in [-0.25, -0.2) is 4.79 Å². The second kappa shape index (κ2) is 7.61. The summed E-state index contributed by atoms with van der Waals surface area (Å²) in [5.41, 5.74) is 1.08. The SMILES string of the molecule is CCNC(=NCCN1C(=O)CNC1=O)N(C)Cc1cnn(C)c1. The molecule has 1 aromatic heterocycles. The molecule has 0 bridgehead atoms. The molecule has 2 N–H and O–H groups in total. The van der Waals surface area contributed by atoms with Gasteiger partial charge in [-0.3, -0.25) is 19.4 Å². The minimum atomic E-state index is -0.348. The number of guanidine groups is 1. The van der Waals surface area contributed by atoms with Gasteiger partial charge in [0.15, 0.2) is 5.96 Å². The molecule has 0 radical (unpaired) electrons. The summed E-state index contributed by atoms with van der Waals surface area (Å²) < 4.78 is 1.75. The first-order valence-corrected chi connectivity index (χ1v) is 7.56. The highest BCUT2D eigenvalue weighted by Gasteiger charge is 2.27. The van der Waals surface area contributed by atoms with Crippen LogP contribution in [0.3, 0.4) is 0 Å². The standard InChI is InChI=1S/C14H23N7O2/c1-4-15-13(19(2)9-11-7-18-20(3)10-11)16-5-6-21-12(22)8-17-14(21)23/h7,10H,4-6,8-9H2,1-3H3,(H,15,16)(H,17,23). The fraction of sp³-hybridized carbons (Fsp3) is 0.571. The Labute approximate surface area is 135 Å². The maximum atomic E-state index is 11.5. The van der Waals surface area contributed by atoms with Gasteiger partial charge in [-0.2, -0.15) is 5.10 Å². The van der Waals surface area contributed by atoms with Crippen molar-refractivity contribution in [2.45, 2.75) is 13.5 Å². The monoisotopic (exact) mass is 321 g/mol. The molecular weight excluding hydrogens is 298 g/mol. The third kappa shape index (κ3) is 4.44. The average Bonchev–Trinajstić information content (AvgIpc) is 3.05. The number of rotatable bonds is 6. The van der Waals surface area contributed by atoms with Gasteiger partial charge in [-0.15, -0.1) is 0 Å². The summed E-state index contributed by atoms with van der Waals surface area (Å²) >= 11 is 0. The minimum Gasteiger partial charge on any atom is -0.357 e. The zero-order chi connectivity index (χ0) is 16.8. The molecule has 9 heteroatoms. The summed E-state index contributed by atoms with van der Waals surface area (Å²) in [4.78, 5) is 30.6. The quantitative estimate of drug-likeness (QED) is 0.413. The molecule has 1 saturated heterocycles. The van der Waals surface area contributed by atoms with Gasteiger partial charge in [0.05, 0.1) is 25.8 Å². The number of nitrogens with zero attached hydrogens (tertiary/aromatic N) is 5. The molecule has 0 saturated carbocycles. The van der Waals surface area contributed by atoms with Crippen molar-refractivity contribution in [3.05, 3.63) is 18.0 Å². The molecule has 1 aromatic rings. The molecule has 1 fully saturated rings. The van der Waals surface area contributed by atoms with E-state index in [0.717, 1.165) is 18.1 Å². The molecule has 0 spiro atoms. The Hall–Kier alpha value is -2.58. The highest BCUT2D eigenvalue weighted by molar-refractivity contribution is 6.01. The zero-order valence-electron chi connectivity index (χ0n) is 13.7. The van der Waals surface area contributed by atoms with E-state index in [1.165, 1.54) is 4.90 Å². The van der Waals surface area contributed by atoms with E-state index in [1.54, 1.807) is 4.68 Å². The fourth-order valence-corrected chi connectivity index (χ4v) is 2.31. The van der Waals surface area contributed by atoms with Crippen molar-refractivity contribution in [1.82, 2.24) is 30.2 Å². The van der Waals surface area contributed by atoms with E-state index in [0.29, 0.717) is 13.1 Å². The second-order valence-corrected chi connectivity index (χ2v) is 5.32. The van der Waals surface area contributed by atoms with Gasteiger partial charge >= 0.3 is 6.03 Å². The Bertz CT molecular complexity index is 580. The maximum Gasteiger partial charge on any atom is 0.324 e. The lowest BCUT2D eigenvalue weighted by Crippen LogP contribution is -2.39. The molecule has 1 aliphatic heterocycles. The highest BCUT2D eigenvalue weighted by Crippen LogP contribution is 2.02. The number of aromatic nitrogens is 2. The number of amides is 3. The molecule has 23 heavy (non-hydrogen) atoms. The summed E-state index contributed by atoms with van der Waals surface area (Å²) in [5, 5.41) is 9.84. The summed E-state index contributed by atoms with van der Waals surface area (Å²) in [6.07, 6.45) is 3.76. The van der Waals surface area contributed by atoms with E-state index in [4.69, 9.17) is 0 Å². The van der Waals surface area contributed by atoms with Crippen LogP contribution < -0.4 is 10.6 Å². The van der Waals surface area contributed by atoms with Crippen molar-refractivity contribution in [2.24, 2.45) is 12.0 Å². The number of imide groups is 1. The Morgan fingerprint density at radius 1 is 1.52 bits per heavy atom. The van der Waals surface area contributed by atoms with Gasteiger partial charge in [0.2, 0.25) is 5.91 Å². The zero-order valence-corrected chi connectivity index (χ0v) is 13.7. The van der Waals surface area contributed by atoms with Crippen LogP contribution in [0, 0.1) is 0 Å². The van der Waals surface area contributed by atoms with Crippen molar-refractivity contribution in [1.29, 1.82) is 0 Å². The normalized spacial score (nSPS) is 15.1. The number of carbonyl (C=O) groups is 2. The van der Waals surface area contributed by atoms with Gasteiger partial charge in [0.25, 0.3) is 0 Å². The van der Waals surface area contributed by atoms with Gasteiger partial charge in [-0.1, -0.05) is 0 Å². The predicted octanol–water partition coefficient (Wildman–Crippen LogP) is -0.631. The van der Waals surface area contributed by atoms with Crippen molar-refractivity contribution >= 4 is 17.9 Å². The van der Waals surface area contributed by atoms with Gasteiger partial charge in [0, 0.05) is 38.9 Å². The van der Waals surface area contributed by atoms with Crippen LogP contribution in [0.2, 0.25) is 0 Å². The minimum absolute atomic E-state index is 0.0729. The number of hydrogen-bond donors (Lipinski definition) is 2. The number of aryl methyl sites for hydroxylation is 1. The van der Waals surface area contributed by atoms with Crippen LogP contribution in [0.1, 0.15) is 12.5 Å².